The lowest BCUT2D eigenvalue weighted by Gasteiger charge is -2.31. The van der Waals surface area contributed by atoms with E-state index in [1.165, 1.54) is 32.1 Å². The molecule has 1 aromatic heterocycles. The van der Waals surface area contributed by atoms with Gasteiger partial charge in [0.05, 0.1) is 11.7 Å². The molecule has 1 saturated carbocycles. The first-order chi connectivity index (χ1) is 7.22. The van der Waals surface area contributed by atoms with Gasteiger partial charge >= 0.3 is 0 Å². The third kappa shape index (κ3) is 2.01. The maximum absolute atomic E-state index is 5.99. The van der Waals surface area contributed by atoms with Crippen LogP contribution in [0.5, 0.6) is 0 Å². The van der Waals surface area contributed by atoms with E-state index in [-0.39, 0.29) is 0 Å². The lowest BCUT2D eigenvalue weighted by molar-refractivity contribution is 0.219. The topological polar surface area (TPSA) is 43.8 Å². The van der Waals surface area contributed by atoms with Gasteiger partial charge in [0.1, 0.15) is 5.82 Å². The van der Waals surface area contributed by atoms with E-state index in [1.807, 2.05) is 13.0 Å². The molecule has 0 aliphatic heterocycles. The molecule has 1 aromatic rings. The summed E-state index contributed by atoms with van der Waals surface area (Å²) in [6.45, 7) is 4.28. The molecule has 0 aromatic carbocycles. The Labute approximate surface area is 91.7 Å². The number of anilines is 1. The van der Waals surface area contributed by atoms with Crippen molar-refractivity contribution in [3.63, 3.8) is 0 Å². The Morgan fingerprint density at radius 3 is 2.80 bits per heavy atom. The molecule has 2 atom stereocenters. The Hall–Kier alpha value is -0.990. The third-order valence-electron chi connectivity index (χ3n) is 3.59. The van der Waals surface area contributed by atoms with Crippen LogP contribution in [0, 0.1) is 12.8 Å². The number of rotatable bonds is 2. The molecule has 2 rings (SSSR count). The highest BCUT2D eigenvalue weighted by Gasteiger charge is 2.26. The standard InChI is InChI=1S/C12H21N3/c1-3-10-6-4-5-7-11(10)15-12(13)8-9(2)14-15/h8,10-11H,3-7,13H2,1-2H3. The summed E-state index contributed by atoms with van der Waals surface area (Å²) in [5, 5.41) is 4.52. The van der Waals surface area contributed by atoms with Crippen LogP contribution < -0.4 is 5.73 Å². The molecule has 3 heteroatoms. The number of nitrogens with two attached hydrogens (primary N) is 1. The smallest absolute Gasteiger partial charge is 0.122 e. The van der Waals surface area contributed by atoms with Crippen molar-refractivity contribution in [2.75, 3.05) is 5.73 Å². The molecule has 84 valence electrons. The first-order valence-corrected chi connectivity index (χ1v) is 6.04. The van der Waals surface area contributed by atoms with Crippen LogP contribution in [0.2, 0.25) is 0 Å². The highest BCUT2D eigenvalue weighted by Crippen LogP contribution is 2.36. The molecular formula is C12H21N3. The van der Waals surface area contributed by atoms with Crippen LogP contribution >= 0.6 is 0 Å². The van der Waals surface area contributed by atoms with Crippen molar-refractivity contribution in [3.05, 3.63) is 11.8 Å². The number of aromatic nitrogens is 2. The van der Waals surface area contributed by atoms with Gasteiger partial charge in [-0.3, -0.25) is 0 Å². The van der Waals surface area contributed by atoms with E-state index in [2.05, 4.69) is 16.7 Å². The molecule has 2 N–H and O–H groups in total. The van der Waals surface area contributed by atoms with Crippen molar-refractivity contribution in [3.8, 4) is 0 Å². The Bertz CT molecular complexity index is 330. The highest BCUT2D eigenvalue weighted by molar-refractivity contribution is 5.31. The Morgan fingerprint density at radius 1 is 1.47 bits per heavy atom. The van der Waals surface area contributed by atoms with Gasteiger partial charge in [-0.2, -0.15) is 5.10 Å². The van der Waals surface area contributed by atoms with Gasteiger partial charge < -0.3 is 5.73 Å². The number of hydrogen-bond donors (Lipinski definition) is 1. The van der Waals surface area contributed by atoms with E-state index in [0.717, 1.165) is 17.4 Å². The number of hydrogen-bond acceptors (Lipinski definition) is 2. The van der Waals surface area contributed by atoms with Gasteiger partial charge in [0.25, 0.3) is 0 Å². The second-order valence-electron chi connectivity index (χ2n) is 4.68. The van der Waals surface area contributed by atoms with E-state index in [4.69, 9.17) is 5.73 Å². The van der Waals surface area contributed by atoms with Crippen molar-refractivity contribution in [1.82, 2.24) is 9.78 Å². The lowest BCUT2D eigenvalue weighted by Crippen LogP contribution is -2.24. The summed E-state index contributed by atoms with van der Waals surface area (Å²) in [4.78, 5) is 0. The molecule has 0 saturated heterocycles. The molecule has 0 spiro atoms. The van der Waals surface area contributed by atoms with Crippen LogP contribution in [0.15, 0.2) is 6.07 Å². The second-order valence-corrected chi connectivity index (χ2v) is 4.68. The van der Waals surface area contributed by atoms with Crippen molar-refractivity contribution in [2.45, 2.75) is 52.0 Å². The van der Waals surface area contributed by atoms with E-state index >= 15 is 0 Å². The van der Waals surface area contributed by atoms with Gasteiger partial charge in [0.15, 0.2) is 0 Å². The van der Waals surface area contributed by atoms with Gasteiger partial charge in [-0.05, 0) is 25.7 Å². The van der Waals surface area contributed by atoms with Gasteiger partial charge in [-0.1, -0.05) is 26.2 Å². The zero-order valence-electron chi connectivity index (χ0n) is 9.74. The average Bonchev–Trinajstić information content (AvgIpc) is 2.57. The Morgan fingerprint density at radius 2 is 2.20 bits per heavy atom. The van der Waals surface area contributed by atoms with E-state index < -0.39 is 0 Å². The van der Waals surface area contributed by atoms with Crippen LogP contribution in [0.25, 0.3) is 0 Å². The van der Waals surface area contributed by atoms with Crippen molar-refractivity contribution in [1.29, 1.82) is 0 Å². The summed E-state index contributed by atoms with van der Waals surface area (Å²) in [7, 11) is 0. The molecule has 1 aliphatic rings. The van der Waals surface area contributed by atoms with Crippen LogP contribution in [0.1, 0.15) is 50.8 Å². The van der Waals surface area contributed by atoms with Crippen LogP contribution in [-0.2, 0) is 0 Å². The van der Waals surface area contributed by atoms with Crippen molar-refractivity contribution in [2.24, 2.45) is 5.92 Å². The van der Waals surface area contributed by atoms with Gasteiger partial charge in [-0.15, -0.1) is 0 Å². The Kier molecular flexibility index (Phi) is 2.98. The first kappa shape index (κ1) is 10.5. The van der Waals surface area contributed by atoms with Crippen LogP contribution in [-0.4, -0.2) is 9.78 Å². The predicted molar refractivity (Wildman–Crippen MR) is 62.7 cm³/mol. The van der Waals surface area contributed by atoms with E-state index in [1.54, 1.807) is 0 Å². The van der Waals surface area contributed by atoms with E-state index in [0.29, 0.717) is 6.04 Å². The van der Waals surface area contributed by atoms with Gasteiger partial charge in [-0.25, -0.2) is 4.68 Å². The monoisotopic (exact) mass is 207 g/mol. The van der Waals surface area contributed by atoms with Gasteiger partial charge in [0, 0.05) is 6.07 Å². The quantitative estimate of drug-likeness (QED) is 0.810. The summed E-state index contributed by atoms with van der Waals surface area (Å²) < 4.78 is 2.06. The minimum atomic E-state index is 0.539. The van der Waals surface area contributed by atoms with E-state index in [9.17, 15) is 0 Å². The van der Waals surface area contributed by atoms with Crippen molar-refractivity contribution >= 4 is 5.82 Å². The molecule has 1 fully saturated rings. The number of aryl methyl sites for hydroxylation is 1. The minimum absolute atomic E-state index is 0.539. The van der Waals surface area contributed by atoms with Gasteiger partial charge in [0.2, 0.25) is 0 Å². The summed E-state index contributed by atoms with van der Waals surface area (Å²) >= 11 is 0. The number of nitrogens with zero attached hydrogens (tertiary/aromatic N) is 2. The number of nitrogen functional groups attached to an aromatic ring is 1. The normalized spacial score (nSPS) is 26.8. The molecule has 15 heavy (non-hydrogen) atoms. The molecule has 2 unspecified atom stereocenters. The van der Waals surface area contributed by atoms with Crippen molar-refractivity contribution < 1.29 is 0 Å². The average molecular weight is 207 g/mol. The molecule has 1 heterocycles. The SMILES string of the molecule is CCC1CCCCC1n1nc(C)cc1N. The van der Waals surface area contributed by atoms with Crippen LogP contribution in [0.4, 0.5) is 5.82 Å². The fourth-order valence-corrected chi connectivity index (χ4v) is 2.79. The molecule has 0 amide bonds. The third-order valence-corrected chi connectivity index (χ3v) is 3.59. The maximum atomic E-state index is 5.99. The summed E-state index contributed by atoms with van der Waals surface area (Å²) in [5.74, 6) is 1.60. The molecular weight excluding hydrogens is 186 g/mol. The second kappa shape index (κ2) is 4.25. The molecule has 1 aliphatic carbocycles. The summed E-state index contributed by atoms with van der Waals surface area (Å²) in [5.41, 5.74) is 7.02. The molecule has 0 radical (unpaired) electrons. The lowest BCUT2D eigenvalue weighted by atomic mass is 9.83. The molecule has 0 bridgehead atoms. The molecule has 3 nitrogen and oxygen atoms in total. The van der Waals surface area contributed by atoms with Crippen LogP contribution in [0.3, 0.4) is 0 Å². The largest absolute Gasteiger partial charge is 0.384 e. The zero-order chi connectivity index (χ0) is 10.8. The highest BCUT2D eigenvalue weighted by atomic mass is 15.3. The Balaban J connectivity index is 2.23. The summed E-state index contributed by atoms with van der Waals surface area (Å²) in [6.07, 6.45) is 6.50. The fourth-order valence-electron chi connectivity index (χ4n) is 2.79. The zero-order valence-corrected chi connectivity index (χ0v) is 9.74. The first-order valence-electron chi connectivity index (χ1n) is 6.04. The minimum Gasteiger partial charge on any atom is -0.384 e. The maximum Gasteiger partial charge on any atom is 0.122 e. The summed E-state index contributed by atoms with van der Waals surface area (Å²) in [6, 6.07) is 2.51. The predicted octanol–water partition coefficient (Wildman–Crippen LogP) is 2.92. The fraction of sp³-hybridized carbons (Fsp3) is 0.750.